The van der Waals surface area contributed by atoms with Crippen LogP contribution < -0.4 is 10.6 Å². The fraction of sp³-hybridized carbons (Fsp3) is 1.00. The molecule has 10 N–H and O–H groups in total. The second-order valence-corrected chi connectivity index (χ2v) is 12.8. The number of rotatable bonds is 11. The summed E-state index contributed by atoms with van der Waals surface area (Å²) in [4.78, 5) is 2.76. The molecule has 8 heteroatoms. The molecule has 7 nitrogen and oxygen atoms in total. The van der Waals surface area contributed by atoms with E-state index < -0.39 is 0 Å². The molecule has 0 radical (unpaired) electrons. The van der Waals surface area contributed by atoms with Crippen molar-refractivity contribution in [1.29, 1.82) is 0 Å². The van der Waals surface area contributed by atoms with Gasteiger partial charge in [0.1, 0.15) is 0 Å². The highest BCUT2D eigenvalue weighted by Gasteiger charge is 2.41. The van der Waals surface area contributed by atoms with Gasteiger partial charge in [-0.1, -0.05) is 48.0 Å². The van der Waals surface area contributed by atoms with Gasteiger partial charge in [0.15, 0.2) is 0 Å². The van der Waals surface area contributed by atoms with Crippen molar-refractivity contribution in [1.82, 2.24) is 15.5 Å². The monoisotopic (exact) mass is 541 g/mol. The van der Waals surface area contributed by atoms with Gasteiger partial charge in [-0.25, -0.2) is 0 Å². The average molecular weight is 542 g/mol. The zero-order valence-electron chi connectivity index (χ0n) is 23.1. The van der Waals surface area contributed by atoms with Crippen LogP contribution in [0.1, 0.15) is 99.3 Å². The van der Waals surface area contributed by atoms with Gasteiger partial charge in [-0.15, -0.1) is 11.6 Å². The highest BCUT2D eigenvalue weighted by molar-refractivity contribution is 6.20. The van der Waals surface area contributed by atoms with Crippen LogP contribution in [-0.4, -0.2) is 77.5 Å². The molecule has 222 valence electrons. The Morgan fingerprint density at radius 3 is 2.06 bits per heavy atom. The molecule has 0 amide bonds. The maximum absolute atomic E-state index is 6.38. The highest BCUT2D eigenvalue weighted by atomic mass is 35.5. The third-order valence-electron chi connectivity index (χ3n) is 8.77. The first kappa shape index (κ1) is 40.5. The second-order valence-electron chi connectivity index (χ2n) is 12.1. The van der Waals surface area contributed by atoms with E-state index in [9.17, 15) is 0 Å². The Bertz CT molecular complexity index is 513. The van der Waals surface area contributed by atoms with E-state index in [1.165, 1.54) is 90.4 Å². The van der Waals surface area contributed by atoms with Crippen molar-refractivity contribution in [3.8, 4) is 0 Å². The van der Waals surface area contributed by atoms with E-state index in [1.807, 2.05) is 0 Å². The SMILES string of the molecule is C.CC(C)[C@H](CN1CCC(C2CCC(Cl)CC2)C(C)(C)C1)NCCCNCC1CCCC1.O.O.O.O. The van der Waals surface area contributed by atoms with Gasteiger partial charge in [0.2, 0.25) is 0 Å². The lowest BCUT2D eigenvalue weighted by molar-refractivity contribution is 0.00486. The van der Waals surface area contributed by atoms with Crippen LogP contribution in [0.2, 0.25) is 0 Å². The minimum absolute atomic E-state index is 0. The standard InChI is InChI=1S/C27H52ClN3.CH4.4H2O/c1-21(2)26(30-16-7-15-29-18-22-8-5-6-9-22)19-31-17-14-25(27(3,4)20-31)23-10-12-24(28)13-11-23;;;;;/h21-26,29-30H,5-20H2,1-4H3;1H4;4*1H2/t23?,24?,25?,26-;;;;;/m0...../s1. The van der Waals surface area contributed by atoms with E-state index in [4.69, 9.17) is 11.6 Å². The third-order valence-corrected chi connectivity index (χ3v) is 9.20. The van der Waals surface area contributed by atoms with E-state index in [0.29, 0.717) is 22.8 Å². The number of hydrogen-bond acceptors (Lipinski definition) is 3. The minimum atomic E-state index is 0. The first-order valence-electron chi connectivity index (χ1n) is 13.7. The molecule has 0 aromatic rings. The number of halogens is 1. The highest BCUT2D eigenvalue weighted by Crippen LogP contribution is 2.45. The molecule has 0 aromatic carbocycles. The first-order chi connectivity index (χ1) is 14.8. The van der Waals surface area contributed by atoms with Crippen molar-refractivity contribution in [2.24, 2.45) is 29.1 Å². The van der Waals surface area contributed by atoms with E-state index >= 15 is 0 Å². The summed E-state index contributed by atoms with van der Waals surface area (Å²) in [6, 6.07) is 0.605. The molecule has 0 aromatic heterocycles. The molecule has 2 aliphatic carbocycles. The van der Waals surface area contributed by atoms with Crippen LogP contribution in [0.15, 0.2) is 0 Å². The zero-order chi connectivity index (χ0) is 22.3. The van der Waals surface area contributed by atoms with Crippen molar-refractivity contribution in [2.75, 3.05) is 39.3 Å². The third kappa shape index (κ3) is 12.7. The van der Waals surface area contributed by atoms with Crippen LogP contribution in [0.3, 0.4) is 0 Å². The van der Waals surface area contributed by atoms with Gasteiger partial charge < -0.3 is 37.4 Å². The molecule has 3 fully saturated rings. The Kier molecular flexibility index (Phi) is 22.5. The van der Waals surface area contributed by atoms with Crippen molar-refractivity contribution < 1.29 is 21.9 Å². The molecule has 0 bridgehead atoms. The van der Waals surface area contributed by atoms with E-state index in [-0.39, 0.29) is 29.3 Å². The van der Waals surface area contributed by atoms with E-state index in [0.717, 1.165) is 30.8 Å². The van der Waals surface area contributed by atoms with Gasteiger partial charge >= 0.3 is 0 Å². The number of likely N-dealkylation sites (tertiary alicyclic amines) is 1. The van der Waals surface area contributed by atoms with Gasteiger partial charge in [0.05, 0.1) is 0 Å². The van der Waals surface area contributed by atoms with E-state index in [2.05, 4.69) is 43.2 Å². The normalized spacial score (nSPS) is 27.0. The van der Waals surface area contributed by atoms with Crippen LogP contribution in [-0.2, 0) is 0 Å². The Labute approximate surface area is 228 Å². The summed E-state index contributed by atoms with van der Waals surface area (Å²) in [5, 5.41) is 8.05. The summed E-state index contributed by atoms with van der Waals surface area (Å²) in [5.41, 5.74) is 0.424. The molecule has 1 heterocycles. The van der Waals surface area contributed by atoms with Gasteiger partial charge in [0, 0.05) is 24.5 Å². The molecule has 0 spiro atoms. The predicted octanol–water partition coefficient (Wildman–Crippen LogP) is 3.25. The van der Waals surface area contributed by atoms with Crippen LogP contribution in [0.5, 0.6) is 0 Å². The largest absolute Gasteiger partial charge is 0.412 e. The number of nitrogens with zero attached hydrogens (tertiary/aromatic N) is 1. The Morgan fingerprint density at radius 2 is 1.50 bits per heavy atom. The van der Waals surface area contributed by atoms with E-state index in [1.54, 1.807) is 0 Å². The van der Waals surface area contributed by atoms with Crippen LogP contribution in [0.4, 0.5) is 0 Å². The van der Waals surface area contributed by atoms with Crippen LogP contribution in [0, 0.1) is 29.1 Å². The fourth-order valence-electron chi connectivity index (χ4n) is 6.81. The number of hydrogen-bond donors (Lipinski definition) is 2. The van der Waals surface area contributed by atoms with Gasteiger partial charge in [-0.05, 0) is 107 Å². The maximum Gasteiger partial charge on any atom is 0.0336 e. The summed E-state index contributed by atoms with van der Waals surface area (Å²) in [6.45, 7) is 17.1. The van der Waals surface area contributed by atoms with Crippen molar-refractivity contribution in [3.63, 3.8) is 0 Å². The summed E-state index contributed by atoms with van der Waals surface area (Å²) >= 11 is 6.38. The van der Waals surface area contributed by atoms with Gasteiger partial charge in [0.25, 0.3) is 0 Å². The molecule has 3 aliphatic rings. The number of piperidine rings is 1. The lowest BCUT2D eigenvalue weighted by Gasteiger charge is -2.49. The summed E-state index contributed by atoms with van der Waals surface area (Å²) in [5.74, 6) is 3.42. The fourth-order valence-corrected chi connectivity index (χ4v) is 7.06. The number of nitrogens with one attached hydrogen (secondary N) is 2. The topological polar surface area (TPSA) is 153 Å². The molecule has 2 atom stereocenters. The Balaban J connectivity index is -0.00000218. The molecular weight excluding hydrogens is 478 g/mol. The summed E-state index contributed by atoms with van der Waals surface area (Å²) in [7, 11) is 0. The Hall–Kier alpha value is 0.01000. The van der Waals surface area contributed by atoms with Crippen molar-refractivity contribution in [3.05, 3.63) is 0 Å². The summed E-state index contributed by atoms with van der Waals surface area (Å²) < 4.78 is 0. The molecule has 1 saturated heterocycles. The maximum atomic E-state index is 6.38. The minimum Gasteiger partial charge on any atom is -0.412 e. The Morgan fingerprint density at radius 1 is 0.889 bits per heavy atom. The number of alkyl halides is 1. The smallest absolute Gasteiger partial charge is 0.0336 e. The van der Waals surface area contributed by atoms with Crippen molar-refractivity contribution in [2.45, 2.75) is 111 Å². The van der Waals surface area contributed by atoms with Crippen LogP contribution >= 0.6 is 11.6 Å². The average Bonchev–Trinajstić information content (AvgIpc) is 3.23. The zero-order valence-corrected chi connectivity index (χ0v) is 23.9. The van der Waals surface area contributed by atoms with Crippen molar-refractivity contribution >= 4 is 11.6 Å². The quantitative estimate of drug-likeness (QED) is 0.304. The molecule has 2 saturated carbocycles. The molecule has 3 rings (SSSR count). The summed E-state index contributed by atoms with van der Waals surface area (Å²) in [6.07, 6.45) is 13.6. The first-order valence-corrected chi connectivity index (χ1v) is 14.1. The molecule has 1 aliphatic heterocycles. The molecule has 36 heavy (non-hydrogen) atoms. The molecule has 1 unspecified atom stereocenters. The second kappa shape index (κ2) is 20.0. The van der Waals surface area contributed by atoms with Gasteiger partial charge in [-0.2, -0.15) is 0 Å². The lowest BCUT2D eigenvalue weighted by Crippen LogP contribution is -2.53. The predicted molar refractivity (Wildman–Crippen MR) is 157 cm³/mol. The van der Waals surface area contributed by atoms with Gasteiger partial charge in [-0.3, -0.25) is 0 Å². The molecular formula is C28H64ClN3O4. The lowest BCUT2D eigenvalue weighted by atomic mass is 9.64. The van der Waals surface area contributed by atoms with Crippen LogP contribution in [0.25, 0.3) is 0 Å².